The van der Waals surface area contributed by atoms with E-state index in [-0.39, 0.29) is 18.0 Å². The number of primary amides is 1. The van der Waals surface area contributed by atoms with Crippen molar-refractivity contribution < 1.29 is 14.3 Å². The average Bonchev–Trinajstić information content (AvgIpc) is 2.90. The van der Waals surface area contributed by atoms with Gasteiger partial charge in [-0.05, 0) is 31.2 Å². The van der Waals surface area contributed by atoms with Gasteiger partial charge in [0.2, 0.25) is 0 Å². The number of nitrogens with zero attached hydrogens (tertiary/aromatic N) is 2. The van der Waals surface area contributed by atoms with Crippen LogP contribution >= 0.6 is 11.6 Å². The summed E-state index contributed by atoms with van der Waals surface area (Å²) in [7, 11) is 0. The van der Waals surface area contributed by atoms with Crippen LogP contribution in [0.4, 0.5) is 5.69 Å². The van der Waals surface area contributed by atoms with Gasteiger partial charge in [0.15, 0.2) is 12.3 Å². The second kappa shape index (κ2) is 6.95. The number of benzene rings is 1. The number of nitrogens with one attached hydrogen (secondary N) is 1. The number of amides is 2. The van der Waals surface area contributed by atoms with Gasteiger partial charge in [0.1, 0.15) is 5.75 Å². The first-order valence-electron chi connectivity index (χ1n) is 6.55. The maximum absolute atomic E-state index is 11.9. The number of ether oxygens (including phenoxy) is 1. The number of aromatic nitrogens is 2. The minimum atomic E-state index is -0.707. The molecule has 0 aliphatic carbocycles. The van der Waals surface area contributed by atoms with E-state index in [2.05, 4.69) is 10.4 Å². The summed E-state index contributed by atoms with van der Waals surface area (Å²) in [6.45, 7) is 2.20. The summed E-state index contributed by atoms with van der Waals surface area (Å²) in [6.07, 6.45) is 1.54. The van der Waals surface area contributed by atoms with E-state index in [0.717, 1.165) is 0 Å². The molecule has 8 heteroatoms. The summed E-state index contributed by atoms with van der Waals surface area (Å²) in [5.41, 5.74) is 5.51. The van der Waals surface area contributed by atoms with Crippen LogP contribution in [0.1, 0.15) is 17.4 Å². The zero-order valence-corrected chi connectivity index (χ0v) is 12.6. The van der Waals surface area contributed by atoms with E-state index in [0.29, 0.717) is 17.3 Å². The number of rotatable bonds is 6. The first kappa shape index (κ1) is 15.8. The number of hydrogen-bond acceptors (Lipinski definition) is 4. The van der Waals surface area contributed by atoms with Crippen molar-refractivity contribution in [2.75, 3.05) is 11.9 Å². The quantitative estimate of drug-likeness (QED) is 0.845. The van der Waals surface area contributed by atoms with Crippen molar-refractivity contribution in [3.63, 3.8) is 0 Å². The van der Waals surface area contributed by atoms with Crippen molar-refractivity contribution in [1.29, 1.82) is 0 Å². The Balaban J connectivity index is 1.98. The number of nitrogens with two attached hydrogens (primary N) is 1. The van der Waals surface area contributed by atoms with E-state index in [1.165, 1.54) is 4.68 Å². The Kier molecular flexibility index (Phi) is 5.00. The second-order valence-electron chi connectivity index (χ2n) is 4.40. The Morgan fingerprint density at radius 2 is 2.05 bits per heavy atom. The second-order valence-corrected chi connectivity index (χ2v) is 4.84. The minimum absolute atomic E-state index is 0.0155. The van der Waals surface area contributed by atoms with Gasteiger partial charge in [-0.2, -0.15) is 5.10 Å². The Morgan fingerprint density at radius 1 is 1.36 bits per heavy atom. The molecule has 2 aromatic rings. The zero-order chi connectivity index (χ0) is 16.1. The van der Waals surface area contributed by atoms with E-state index in [1.54, 1.807) is 30.5 Å². The van der Waals surface area contributed by atoms with Crippen molar-refractivity contribution in [1.82, 2.24) is 9.78 Å². The van der Waals surface area contributed by atoms with E-state index in [9.17, 15) is 9.59 Å². The van der Waals surface area contributed by atoms with Crippen LogP contribution in [0.15, 0.2) is 30.5 Å². The molecule has 1 aromatic carbocycles. The van der Waals surface area contributed by atoms with Crippen LogP contribution in [0.2, 0.25) is 5.02 Å². The lowest BCUT2D eigenvalue weighted by Gasteiger charge is -2.06. The number of anilines is 1. The van der Waals surface area contributed by atoms with E-state index < -0.39 is 11.8 Å². The third-order valence-electron chi connectivity index (χ3n) is 2.78. The zero-order valence-electron chi connectivity index (χ0n) is 11.9. The Hall–Kier alpha value is -2.54. The number of hydrogen-bond donors (Lipinski definition) is 2. The summed E-state index contributed by atoms with van der Waals surface area (Å²) in [5.74, 6) is -0.617. The standard InChI is InChI=1S/C14H15ClN4O3/c1-2-19-7-11(13(18-19)14(16)21)17-12(20)8-22-10-5-3-9(15)4-6-10/h3-7H,2,8H2,1H3,(H2,16,21)(H,17,20). The smallest absolute Gasteiger partial charge is 0.271 e. The highest BCUT2D eigenvalue weighted by Crippen LogP contribution is 2.16. The van der Waals surface area contributed by atoms with Crippen molar-refractivity contribution in [3.05, 3.63) is 41.2 Å². The van der Waals surface area contributed by atoms with E-state index in [4.69, 9.17) is 22.1 Å². The van der Waals surface area contributed by atoms with Crippen molar-refractivity contribution in [2.24, 2.45) is 5.73 Å². The van der Waals surface area contributed by atoms with Crippen LogP contribution in [0.25, 0.3) is 0 Å². The first-order valence-corrected chi connectivity index (χ1v) is 6.93. The van der Waals surface area contributed by atoms with Crippen molar-refractivity contribution in [2.45, 2.75) is 13.5 Å². The normalized spacial score (nSPS) is 10.3. The summed E-state index contributed by atoms with van der Waals surface area (Å²) >= 11 is 5.76. The number of aryl methyl sites for hydroxylation is 1. The molecular formula is C14H15ClN4O3. The fourth-order valence-corrected chi connectivity index (χ4v) is 1.85. The molecule has 22 heavy (non-hydrogen) atoms. The predicted octanol–water partition coefficient (Wildman–Crippen LogP) is 1.67. The molecule has 0 spiro atoms. The van der Waals surface area contributed by atoms with Crippen LogP contribution in [-0.4, -0.2) is 28.2 Å². The molecule has 116 valence electrons. The summed E-state index contributed by atoms with van der Waals surface area (Å²) in [6, 6.07) is 6.62. The van der Waals surface area contributed by atoms with Crippen LogP contribution in [0.3, 0.4) is 0 Å². The monoisotopic (exact) mass is 322 g/mol. The molecule has 2 rings (SSSR count). The fraction of sp³-hybridized carbons (Fsp3) is 0.214. The van der Waals surface area contributed by atoms with Gasteiger partial charge in [0.05, 0.1) is 5.69 Å². The van der Waals surface area contributed by atoms with Crippen molar-refractivity contribution in [3.8, 4) is 5.75 Å². The van der Waals surface area contributed by atoms with Crippen LogP contribution in [0.5, 0.6) is 5.75 Å². The van der Waals surface area contributed by atoms with Gasteiger partial charge < -0.3 is 15.8 Å². The van der Waals surface area contributed by atoms with Gasteiger partial charge in [-0.25, -0.2) is 0 Å². The van der Waals surface area contributed by atoms with E-state index >= 15 is 0 Å². The minimum Gasteiger partial charge on any atom is -0.484 e. The average molecular weight is 323 g/mol. The lowest BCUT2D eigenvalue weighted by atomic mass is 10.3. The highest BCUT2D eigenvalue weighted by Gasteiger charge is 2.16. The SMILES string of the molecule is CCn1cc(NC(=O)COc2ccc(Cl)cc2)c(C(N)=O)n1. The molecule has 2 amide bonds. The Morgan fingerprint density at radius 3 is 2.64 bits per heavy atom. The molecule has 0 saturated heterocycles. The summed E-state index contributed by atoms with van der Waals surface area (Å²) < 4.78 is 6.82. The van der Waals surface area contributed by atoms with E-state index in [1.807, 2.05) is 6.92 Å². The van der Waals surface area contributed by atoms with Gasteiger partial charge >= 0.3 is 0 Å². The third kappa shape index (κ3) is 3.98. The maximum atomic E-state index is 11.9. The molecule has 7 nitrogen and oxygen atoms in total. The lowest BCUT2D eigenvalue weighted by Crippen LogP contribution is -2.22. The molecule has 0 saturated carbocycles. The predicted molar refractivity (Wildman–Crippen MR) is 82.0 cm³/mol. The molecular weight excluding hydrogens is 308 g/mol. The molecule has 0 aliphatic heterocycles. The topological polar surface area (TPSA) is 99.2 Å². The van der Waals surface area contributed by atoms with Crippen LogP contribution < -0.4 is 15.8 Å². The number of carbonyl (C=O) groups is 2. The van der Waals surface area contributed by atoms with Gasteiger partial charge in [-0.1, -0.05) is 11.6 Å². The van der Waals surface area contributed by atoms with Crippen LogP contribution in [0, 0.1) is 0 Å². The summed E-state index contributed by atoms with van der Waals surface area (Å²) in [4.78, 5) is 23.2. The molecule has 0 atom stereocenters. The van der Waals surface area contributed by atoms with Gasteiger partial charge in [-0.15, -0.1) is 0 Å². The first-order chi connectivity index (χ1) is 10.5. The highest BCUT2D eigenvalue weighted by atomic mass is 35.5. The molecule has 0 unspecified atom stereocenters. The third-order valence-corrected chi connectivity index (χ3v) is 3.03. The molecule has 0 aliphatic rings. The van der Waals surface area contributed by atoms with Gasteiger partial charge in [0.25, 0.3) is 11.8 Å². The molecule has 0 fully saturated rings. The largest absolute Gasteiger partial charge is 0.484 e. The van der Waals surface area contributed by atoms with Crippen LogP contribution in [-0.2, 0) is 11.3 Å². The van der Waals surface area contributed by atoms with Crippen molar-refractivity contribution >= 4 is 29.1 Å². The molecule has 3 N–H and O–H groups in total. The molecule has 1 aromatic heterocycles. The Labute approximate surface area is 132 Å². The van der Waals surface area contributed by atoms with Gasteiger partial charge in [0, 0.05) is 17.8 Å². The van der Waals surface area contributed by atoms with Gasteiger partial charge in [-0.3, -0.25) is 14.3 Å². The fourth-order valence-electron chi connectivity index (χ4n) is 1.72. The molecule has 0 radical (unpaired) electrons. The maximum Gasteiger partial charge on any atom is 0.271 e. The molecule has 0 bridgehead atoms. The highest BCUT2D eigenvalue weighted by molar-refractivity contribution is 6.30. The molecule has 1 heterocycles. The Bertz CT molecular complexity index is 682. The number of halogens is 1. The summed E-state index contributed by atoms with van der Waals surface area (Å²) in [5, 5.41) is 7.11. The number of carbonyl (C=O) groups excluding carboxylic acids is 2. The lowest BCUT2D eigenvalue weighted by molar-refractivity contribution is -0.118.